The van der Waals surface area contributed by atoms with Gasteiger partial charge in [-0.1, -0.05) is 31.5 Å². The van der Waals surface area contributed by atoms with Crippen LogP contribution in [0.2, 0.25) is 0 Å². The summed E-state index contributed by atoms with van der Waals surface area (Å²) in [4.78, 5) is -0.178. The van der Waals surface area contributed by atoms with Crippen molar-refractivity contribution in [1.82, 2.24) is 0 Å². The molecule has 1 aromatic rings. The molecular weight excluding hydrogens is 351 g/mol. The largest absolute Gasteiger partial charge is 0.744 e. The first-order valence-corrected chi connectivity index (χ1v) is 9.27. The predicted molar refractivity (Wildman–Crippen MR) is 83.8 cm³/mol. The molecule has 0 amide bonds. The molecule has 4 nitrogen and oxygen atoms in total. The van der Waals surface area contributed by atoms with Crippen molar-refractivity contribution in [3.63, 3.8) is 0 Å². The van der Waals surface area contributed by atoms with Crippen molar-refractivity contribution in [1.29, 1.82) is 0 Å². The fraction of sp³-hybridized carbons (Fsp3) is 0.571. The van der Waals surface area contributed by atoms with E-state index >= 15 is 0 Å². The highest BCUT2D eigenvalue weighted by molar-refractivity contribution is 8.00. The number of hydrogen-bond acceptors (Lipinski definition) is 4. The van der Waals surface area contributed by atoms with Gasteiger partial charge in [0.25, 0.3) is 0 Å². The predicted octanol–water partition coefficient (Wildman–Crippen LogP) is 2.80. The van der Waals surface area contributed by atoms with Crippen molar-refractivity contribution in [3.05, 3.63) is 29.8 Å². The third-order valence-corrected chi connectivity index (χ3v) is 4.41. The standard InChI is InChI=1S/C7H14F3NS.C7H8O3S/c1-5(2)3-6(11)4-12-7(8,9)10;1-6-2-4-7(5-3-6)11(8,9)10/h5-6H,3-4,11H2,1-2H3;2-5H,1H3,(H,8,9,10). The van der Waals surface area contributed by atoms with E-state index in [2.05, 4.69) is 5.73 Å². The first kappa shape index (κ1) is 22.2. The van der Waals surface area contributed by atoms with E-state index in [4.69, 9.17) is 0 Å². The molecule has 0 radical (unpaired) electrons. The third kappa shape index (κ3) is 12.3. The number of benzene rings is 1. The van der Waals surface area contributed by atoms with Gasteiger partial charge in [-0.3, -0.25) is 0 Å². The Morgan fingerprint density at radius 2 is 1.70 bits per heavy atom. The molecule has 0 saturated carbocycles. The Kier molecular flexibility index (Phi) is 9.19. The highest BCUT2D eigenvalue weighted by Gasteiger charge is 2.29. The van der Waals surface area contributed by atoms with E-state index in [0.29, 0.717) is 5.92 Å². The second-order valence-electron chi connectivity index (χ2n) is 5.52. The average Bonchev–Trinajstić information content (AvgIpc) is 2.35. The van der Waals surface area contributed by atoms with Gasteiger partial charge in [0, 0.05) is 6.42 Å². The molecule has 0 aliphatic heterocycles. The van der Waals surface area contributed by atoms with Crippen LogP contribution >= 0.6 is 11.8 Å². The first-order chi connectivity index (χ1) is 10.3. The van der Waals surface area contributed by atoms with Gasteiger partial charge in [-0.2, -0.15) is 13.2 Å². The number of hydrogen-bond donors (Lipinski definition) is 1. The molecule has 9 heteroatoms. The zero-order chi connectivity index (χ0) is 18.3. The van der Waals surface area contributed by atoms with Crippen LogP contribution in [0.1, 0.15) is 25.8 Å². The van der Waals surface area contributed by atoms with Crippen molar-refractivity contribution in [2.24, 2.45) is 5.92 Å². The van der Waals surface area contributed by atoms with Crippen molar-refractivity contribution in [3.8, 4) is 0 Å². The molecule has 0 fully saturated rings. The summed E-state index contributed by atoms with van der Waals surface area (Å²) < 4.78 is 66.2. The van der Waals surface area contributed by atoms with Gasteiger partial charge in [-0.25, -0.2) is 8.42 Å². The molecule has 0 aromatic heterocycles. The van der Waals surface area contributed by atoms with Gasteiger partial charge < -0.3 is 10.3 Å². The van der Waals surface area contributed by atoms with E-state index in [9.17, 15) is 26.1 Å². The maximum absolute atomic E-state index is 11.7. The van der Waals surface area contributed by atoms with Crippen molar-refractivity contribution < 1.29 is 31.9 Å². The summed E-state index contributed by atoms with van der Waals surface area (Å²) in [5, 5.41) is 0. The molecule has 23 heavy (non-hydrogen) atoms. The fourth-order valence-corrected chi connectivity index (χ4v) is 2.68. The molecule has 1 unspecified atom stereocenters. The van der Waals surface area contributed by atoms with Crippen LogP contribution in [0, 0.1) is 12.8 Å². The van der Waals surface area contributed by atoms with Gasteiger partial charge >= 0.3 is 5.51 Å². The summed E-state index contributed by atoms with van der Waals surface area (Å²) in [6, 6.07) is 5.68. The van der Waals surface area contributed by atoms with Crippen LogP contribution in [0.5, 0.6) is 0 Å². The summed E-state index contributed by atoms with van der Waals surface area (Å²) in [7, 11) is -4.27. The zero-order valence-corrected chi connectivity index (χ0v) is 14.9. The van der Waals surface area contributed by atoms with E-state index in [1.54, 1.807) is 12.1 Å². The number of alkyl halides is 3. The average molecular weight is 373 g/mol. The molecule has 0 bridgehead atoms. The molecule has 1 rings (SSSR count). The fourth-order valence-electron chi connectivity index (χ4n) is 1.65. The third-order valence-electron chi connectivity index (χ3n) is 2.60. The molecule has 134 valence electrons. The van der Waals surface area contributed by atoms with Gasteiger partial charge in [0.15, 0.2) is 0 Å². The van der Waals surface area contributed by atoms with Gasteiger partial charge in [0.2, 0.25) is 0 Å². The maximum atomic E-state index is 11.7. The van der Waals surface area contributed by atoms with E-state index in [-0.39, 0.29) is 28.5 Å². The van der Waals surface area contributed by atoms with Crippen molar-refractivity contribution >= 4 is 21.9 Å². The van der Waals surface area contributed by atoms with Gasteiger partial charge in [0.05, 0.1) is 16.7 Å². The summed E-state index contributed by atoms with van der Waals surface area (Å²) >= 11 is 0.0212. The Bertz CT molecular complexity index is 558. The van der Waals surface area contributed by atoms with E-state index < -0.39 is 15.6 Å². The number of quaternary nitrogens is 1. The van der Waals surface area contributed by atoms with Gasteiger partial charge in [-0.15, -0.1) is 0 Å². The van der Waals surface area contributed by atoms with Crippen molar-refractivity contribution in [2.75, 3.05) is 5.75 Å². The maximum Gasteiger partial charge on any atom is 0.442 e. The lowest BCUT2D eigenvalue weighted by Crippen LogP contribution is -2.62. The number of halogens is 3. The lowest BCUT2D eigenvalue weighted by molar-refractivity contribution is -0.415. The number of rotatable bonds is 5. The van der Waals surface area contributed by atoms with E-state index in [1.165, 1.54) is 12.1 Å². The van der Waals surface area contributed by atoms with Crippen LogP contribution in [0.25, 0.3) is 0 Å². The Labute approximate surface area is 139 Å². The molecule has 1 atom stereocenters. The lowest BCUT2D eigenvalue weighted by atomic mass is 10.1. The summed E-state index contributed by atoms with van der Waals surface area (Å²) in [5.41, 5.74) is 0.484. The molecular formula is C14H22F3NO3S2. The second-order valence-corrected chi connectivity index (χ2v) is 7.98. The summed E-state index contributed by atoms with van der Waals surface area (Å²) in [5.74, 6) is 0.489. The second kappa shape index (κ2) is 9.51. The quantitative estimate of drug-likeness (QED) is 0.804. The van der Waals surface area contributed by atoms with E-state index in [1.807, 2.05) is 20.8 Å². The molecule has 0 spiro atoms. The lowest BCUT2D eigenvalue weighted by Gasteiger charge is -2.11. The van der Waals surface area contributed by atoms with Crippen LogP contribution in [0.3, 0.4) is 0 Å². The molecule has 0 heterocycles. The Morgan fingerprint density at radius 3 is 2.04 bits per heavy atom. The molecule has 0 aliphatic rings. The zero-order valence-electron chi connectivity index (χ0n) is 13.3. The van der Waals surface area contributed by atoms with Crippen molar-refractivity contribution in [2.45, 2.75) is 43.6 Å². The minimum Gasteiger partial charge on any atom is -0.744 e. The highest BCUT2D eigenvalue weighted by Crippen LogP contribution is 2.30. The monoisotopic (exact) mass is 373 g/mol. The highest BCUT2D eigenvalue weighted by atomic mass is 32.2. The minimum atomic E-state index is -4.27. The van der Waals surface area contributed by atoms with Crippen LogP contribution < -0.4 is 5.73 Å². The van der Waals surface area contributed by atoms with Gasteiger partial charge in [-0.05, 0) is 36.7 Å². The number of thioether (sulfide) groups is 1. The van der Waals surface area contributed by atoms with Crippen LogP contribution in [-0.2, 0) is 10.1 Å². The topological polar surface area (TPSA) is 84.8 Å². The normalized spacial score (nSPS) is 13.4. The molecule has 3 N–H and O–H groups in total. The molecule has 0 aliphatic carbocycles. The number of aryl methyl sites for hydroxylation is 1. The van der Waals surface area contributed by atoms with Crippen LogP contribution in [0.15, 0.2) is 29.2 Å². The van der Waals surface area contributed by atoms with E-state index in [0.717, 1.165) is 12.0 Å². The first-order valence-electron chi connectivity index (χ1n) is 6.87. The van der Waals surface area contributed by atoms with Gasteiger partial charge in [0.1, 0.15) is 10.1 Å². The Balaban J connectivity index is 0.000000422. The van der Waals surface area contributed by atoms with Crippen LogP contribution in [-0.4, -0.2) is 30.3 Å². The minimum absolute atomic E-state index is 0.0212. The SMILES string of the molecule is CC(C)CC([NH3+])CSC(F)(F)F.Cc1ccc(S(=O)(=O)[O-])cc1. The summed E-state index contributed by atoms with van der Waals surface area (Å²) in [6.45, 7) is 5.79. The van der Waals surface area contributed by atoms with Crippen LogP contribution in [0.4, 0.5) is 13.2 Å². The summed E-state index contributed by atoms with van der Waals surface area (Å²) in [6.07, 6.45) is 0.753. The molecule has 0 saturated heterocycles. The molecule has 1 aromatic carbocycles. The Morgan fingerprint density at radius 1 is 1.22 bits per heavy atom. The Hall–Kier alpha value is -0.770. The smallest absolute Gasteiger partial charge is 0.442 e.